The molecule has 124 valence electrons. The Morgan fingerprint density at radius 2 is 2.25 bits per heavy atom. The van der Waals surface area contributed by atoms with E-state index in [0.29, 0.717) is 11.6 Å². The van der Waals surface area contributed by atoms with E-state index in [2.05, 4.69) is 25.7 Å². The standard InChI is InChI=1S/C16H18N6OS/c1-9-12-7-11(8-18-14(12)22(2)21-9)19-16(23)20-13(10-3-4-10)15-17-5-6-24-15/h5-8,10,13H,3-4H2,1-2H3,(H2,19,20,23)/t13-/m1/s1. The number of pyridine rings is 1. The predicted molar refractivity (Wildman–Crippen MR) is 93.0 cm³/mol. The van der Waals surface area contributed by atoms with Crippen molar-refractivity contribution in [2.24, 2.45) is 13.0 Å². The molecule has 1 fully saturated rings. The van der Waals surface area contributed by atoms with Crippen LogP contribution in [-0.2, 0) is 7.05 Å². The van der Waals surface area contributed by atoms with Gasteiger partial charge < -0.3 is 10.6 Å². The number of urea groups is 1. The van der Waals surface area contributed by atoms with Crippen molar-refractivity contribution in [2.75, 3.05) is 5.32 Å². The Morgan fingerprint density at radius 1 is 1.42 bits per heavy atom. The van der Waals surface area contributed by atoms with Gasteiger partial charge in [-0.1, -0.05) is 0 Å². The van der Waals surface area contributed by atoms with Gasteiger partial charge in [0.1, 0.15) is 5.01 Å². The van der Waals surface area contributed by atoms with Crippen LogP contribution in [0.25, 0.3) is 11.0 Å². The lowest BCUT2D eigenvalue weighted by Gasteiger charge is -2.16. The second kappa shape index (κ2) is 5.86. The van der Waals surface area contributed by atoms with Crippen LogP contribution in [0.1, 0.15) is 29.6 Å². The van der Waals surface area contributed by atoms with Gasteiger partial charge in [0.25, 0.3) is 0 Å². The Kier molecular flexibility index (Phi) is 3.68. The highest BCUT2D eigenvalue weighted by molar-refractivity contribution is 7.09. The first-order valence-electron chi connectivity index (χ1n) is 7.88. The number of hydrogen-bond acceptors (Lipinski definition) is 5. The number of carbonyl (C=O) groups is 1. The lowest BCUT2D eigenvalue weighted by atomic mass is 10.2. The van der Waals surface area contributed by atoms with Crippen molar-refractivity contribution < 1.29 is 4.79 Å². The minimum Gasteiger partial charge on any atom is -0.328 e. The van der Waals surface area contributed by atoms with Crippen LogP contribution in [0.3, 0.4) is 0 Å². The molecule has 1 saturated carbocycles. The van der Waals surface area contributed by atoms with Crippen molar-refractivity contribution in [3.05, 3.63) is 34.5 Å². The summed E-state index contributed by atoms with van der Waals surface area (Å²) in [4.78, 5) is 21.1. The highest BCUT2D eigenvalue weighted by Gasteiger charge is 2.35. The zero-order valence-electron chi connectivity index (χ0n) is 13.5. The summed E-state index contributed by atoms with van der Waals surface area (Å²) >= 11 is 1.58. The lowest BCUT2D eigenvalue weighted by molar-refractivity contribution is 0.247. The van der Waals surface area contributed by atoms with E-state index in [1.165, 1.54) is 0 Å². The number of thiazole rings is 1. The number of nitrogens with zero attached hydrogens (tertiary/aromatic N) is 4. The summed E-state index contributed by atoms with van der Waals surface area (Å²) in [6.07, 6.45) is 5.69. The molecule has 0 unspecified atom stereocenters. The number of carbonyl (C=O) groups excluding carboxylic acids is 1. The summed E-state index contributed by atoms with van der Waals surface area (Å²) in [5, 5.41) is 14.1. The zero-order valence-corrected chi connectivity index (χ0v) is 14.3. The first kappa shape index (κ1) is 15.1. The van der Waals surface area contributed by atoms with Crippen molar-refractivity contribution in [1.29, 1.82) is 0 Å². The molecule has 3 heterocycles. The van der Waals surface area contributed by atoms with E-state index in [4.69, 9.17) is 0 Å². The Hall–Kier alpha value is -2.48. The molecule has 8 heteroatoms. The molecule has 3 aromatic rings. The smallest absolute Gasteiger partial charge is 0.319 e. The highest BCUT2D eigenvalue weighted by Crippen LogP contribution is 2.41. The zero-order chi connectivity index (χ0) is 16.7. The lowest BCUT2D eigenvalue weighted by Crippen LogP contribution is -2.33. The van der Waals surface area contributed by atoms with E-state index in [1.807, 2.05) is 25.4 Å². The van der Waals surface area contributed by atoms with E-state index in [0.717, 1.165) is 34.6 Å². The molecule has 0 spiro atoms. The maximum absolute atomic E-state index is 12.4. The number of anilines is 1. The molecular weight excluding hydrogens is 324 g/mol. The van der Waals surface area contributed by atoms with Gasteiger partial charge in [-0.25, -0.2) is 14.8 Å². The first-order valence-corrected chi connectivity index (χ1v) is 8.76. The summed E-state index contributed by atoms with van der Waals surface area (Å²) < 4.78 is 1.74. The van der Waals surface area contributed by atoms with E-state index < -0.39 is 0 Å². The fourth-order valence-corrected chi connectivity index (χ4v) is 3.66. The van der Waals surface area contributed by atoms with Crippen LogP contribution < -0.4 is 10.6 Å². The average molecular weight is 342 g/mol. The van der Waals surface area contributed by atoms with Crippen LogP contribution in [-0.4, -0.2) is 25.8 Å². The second-order valence-corrected chi connectivity index (χ2v) is 7.01. The third-order valence-electron chi connectivity index (χ3n) is 4.22. The van der Waals surface area contributed by atoms with Crippen molar-refractivity contribution >= 4 is 34.1 Å². The van der Waals surface area contributed by atoms with Crippen LogP contribution in [0, 0.1) is 12.8 Å². The molecule has 0 bridgehead atoms. The number of amides is 2. The normalized spacial score (nSPS) is 15.4. The van der Waals surface area contributed by atoms with Crippen molar-refractivity contribution in [3.63, 3.8) is 0 Å². The van der Waals surface area contributed by atoms with Gasteiger partial charge in [-0.2, -0.15) is 5.10 Å². The Balaban J connectivity index is 1.50. The van der Waals surface area contributed by atoms with Gasteiger partial charge in [0.05, 0.1) is 23.6 Å². The number of fused-ring (bicyclic) bond motifs is 1. The van der Waals surface area contributed by atoms with Crippen LogP contribution in [0.4, 0.5) is 10.5 Å². The first-order chi connectivity index (χ1) is 11.6. The molecule has 0 radical (unpaired) electrons. The number of hydrogen-bond donors (Lipinski definition) is 2. The maximum Gasteiger partial charge on any atom is 0.319 e. The van der Waals surface area contributed by atoms with Crippen LogP contribution in [0.2, 0.25) is 0 Å². The van der Waals surface area contributed by atoms with Gasteiger partial charge in [-0.05, 0) is 31.7 Å². The minimum atomic E-state index is -0.232. The number of rotatable bonds is 4. The summed E-state index contributed by atoms with van der Waals surface area (Å²) in [6, 6.07) is 1.66. The van der Waals surface area contributed by atoms with E-state index >= 15 is 0 Å². The van der Waals surface area contributed by atoms with Crippen LogP contribution >= 0.6 is 11.3 Å². The maximum atomic E-state index is 12.4. The quantitative estimate of drug-likeness (QED) is 0.763. The van der Waals surface area contributed by atoms with Gasteiger partial charge in [-0.3, -0.25) is 4.68 Å². The molecule has 24 heavy (non-hydrogen) atoms. The molecule has 7 nitrogen and oxygen atoms in total. The van der Waals surface area contributed by atoms with Crippen LogP contribution in [0.15, 0.2) is 23.8 Å². The monoisotopic (exact) mass is 342 g/mol. The topological polar surface area (TPSA) is 84.7 Å². The van der Waals surface area contributed by atoms with Gasteiger partial charge in [0.2, 0.25) is 0 Å². The fraction of sp³-hybridized carbons (Fsp3) is 0.375. The third kappa shape index (κ3) is 2.84. The number of aryl methyl sites for hydroxylation is 2. The summed E-state index contributed by atoms with van der Waals surface area (Å²) in [6.45, 7) is 1.93. The van der Waals surface area contributed by atoms with E-state index in [-0.39, 0.29) is 12.1 Å². The van der Waals surface area contributed by atoms with E-state index in [1.54, 1.807) is 28.4 Å². The minimum absolute atomic E-state index is 0.0122. The van der Waals surface area contributed by atoms with Crippen molar-refractivity contribution in [1.82, 2.24) is 25.1 Å². The molecule has 2 amide bonds. The van der Waals surface area contributed by atoms with Crippen LogP contribution in [0.5, 0.6) is 0 Å². The molecule has 0 aromatic carbocycles. The molecule has 4 rings (SSSR count). The molecule has 1 aliphatic rings. The van der Waals surface area contributed by atoms with Gasteiger partial charge in [0.15, 0.2) is 5.65 Å². The molecule has 2 N–H and O–H groups in total. The fourth-order valence-electron chi connectivity index (χ4n) is 2.88. The van der Waals surface area contributed by atoms with Crippen molar-refractivity contribution in [3.8, 4) is 0 Å². The predicted octanol–water partition coefficient (Wildman–Crippen LogP) is 3.01. The van der Waals surface area contributed by atoms with Gasteiger partial charge in [-0.15, -0.1) is 11.3 Å². The molecule has 3 aromatic heterocycles. The molecule has 0 saturated heterocycles. The summed E-state index contributed by atoms with van der Waals surface area (Å²) in [7, 11) is 1.86. The molecular formula is C16H18N6OS. The summed E-state index contributed by atoms with van der Waals surface area (Å²) in [5.41, 5.74) is 2.35. The SMILES string of the molecule is Cc1nn(C)c2ncc(NC(=O)N[C@@H](c3nccs3)C3CC3)cc12. The van der Waals surface area contributed by atoms with Crippen molar-refractivity contribution in [2.45, 2.75) is 25.8 Å². The molecule has 0 aliphatic heterocycles. The number of nitrogens with one attached hydrogen (secondary N) is 2. The Bertz CT molecular complexity index is 883. The Morgan fingerprint density at radius 3 is 2.96 bits per heavy atom. The third-order valence-corrected chi connectivity index (χ3v) is 5.08. The largest absolute Gasteiger partial charge is 0.328 e. The molecule has 1 aliphatic carbocycles. The van der Waals surface area contributed by atoms with E-state index in [9.17, 15) is 4.79 Å². The second-order valence-electron chi connectivity index (χ2n) is 6.09. The van der Waals surface area contributed by atoms with Gasteiger partial charge >= 0.3 is 6.03 Å². The molecule has 1 atom stereocenters. The number of aromatic nitrogens is 4. The summed E-state index contributed by atoms with van der Waals surface area (Å²) in [5.74, 6) is 0.489. The average Bonchev–Trinajstić information content (AvgIpc) is 3.17. The van der Waals surface area contributed by atoms with Gasteiger partial charge in [0, 0.05) is 24.0 Å². The highest BCUT2D eigenvalue weighted by atomic mass is 32.1. The Labute approximate surface area is 143 Å².